The topological polar surface area (TPSA) is 65.0 Å². The molecule has 0 saturated carbocycles. The summed E-state index contributed by atoms with van der Waals surface area (Å²) in [5, 5.41) is 3.70. The molecule has 1 aromatic rings. The lowest BCUT2D eigenvalue weighted by Crippen LogP contribution is -2.08. The predicted molar refractivity (Wildman–Crippen MR) is 103 cm³/mol. The van der Waals surface area contributed by atoms with Crippen molar-refractivity contribution >= 4 is 21.9 Å². The number of benzene rings is 1. The molecule has 0 aliphatic heterocycles. The predicted octanol–water partition coefficient (Wildman–Crippen LogP) is 4.79. The van der Waals surface area contributed by atoms with Crippen LogP contribution in [0.15, 0.2) is 35.5 Å². The number of unbranched alkanes of at least 4 members (excludes halogenated alkanes) is 5. The lowest BCUT2D eigenvalue weighted by atomic mass is 10.1. The number of rotatable bonds is 12. The molecule has 1 aromatic carbocycles. The van der Waals surface area contributed by atoms with Gasteiger partial charge in [0, 0.05) is 5.56 Å². The quantitative estimate of drug-likeness (QED) is 0.303. The minimum atomic E-state index is -3.61. The van der Waals surface area contributed by atoms with Crippen molar-refractivity contribution in [1.82, 2.24) is 0 Å². The smallest absolute Gasteiger partial charge is 0.328 e. The van der Waals surface area contributed by atoms with Crippen LogP contribution in [0.3, 0.4) is 0 Å². The second-order valence-corrected chi connectivity index (χ2v) is 7.58. The monoisotopic (exact) mass is 367 g/mol. The molecule has 0 aliphatic carbocycles. The van der Waals surface area contributed by atoms with Gasteiger partial charge in [-0.3, -0.25) is 4.28 Å². The molecule has 5 nitrogen and oxygen atoms in total. The van der Waals surface area contributed by atoms with E-state index in [-0.39, 0.29) is 5.75 Å². The molecule has 0 bridgehead atoms. The molecule has 0 amide bonds. The van der Waals surface area contributed by atoms with Crippen molar-refractivity contribution in [2.24, 2.45) is 5.16 Å². The Bertz CT molecular complexity index is 666. The van der Waals surface area contributed by atoms with E-state index in [4.69, 9.17) is 9.02 Å². The number of allylic oxidation sites excluding steroid dienone is 1. The number of oxime groups is 1. The summed E-state index contributed by atoms with van der Waals surface area (Å²) in [7, 11) is -2.01. The van der Waals surface area contributed by atoms with Crippen LogP contribution in [0.5, 0.6) is 5.75 Å². The first-order chi connectivity index (χ1) is 12.0. The van der Waals surface area contributed by atoms with E-state index in [1.54, 1.807) is 26.2 Å². The number of para-hydroxylation sites is 1. The lowest BCUT2D eigenvalue weighted by molar-refractivity contribution is 0.338. The summed E-state index contributed by atoms with van der Waals surface area (Å²) in [4.78, 5) is 0. The van der Waals surface area contributed by atoms with Crippen molar-refractivity contribution in [3.8, 4) is 5.75 Å². The molecule has 0 spiro atoms. The highest BCUT2D eigenvalue weighted by atomic mass is 32.2. The Morgan fingerprint density at radius 1 is 1.12 bits per heavy atom. The van der Waals surface area contributed by atoms with Crippen LogP contribution >= 0.6 is 0 Å². The summed E-state index contributed by atoms with van der Waals surface area (Å²) < 4.78 is 33.6. The molecule has 140 valence electrons. The van der Waals surface area contributed by atoms with Crippen LogP contribution in [0, 0.1) is 0 Å². The highest BCUT2D eigenvalue weighted by Crippen LogP contribution is 2.18. The van der Waals surface area contributed by atoms with Gasteiger partial charge in [-0.05, 0) is 31.6 Å². The number of ether oxygens (including phenoxy) is 1. The maximum atomic E-state index is 11.8. The molecule has 0 aliphatic rings. The van der Waals surface area contributed by atoms with Gasteiger partial charge in [-0.1, -0.05) is 62.4 Å². The molecule has 0 fully saturated rings. The van der Waals surface area contributed by atoms with Crippen molar-refractivity contribution in [1.29, 1.82) is 0 Å². The fourth-order valence-electron chi connectivity index (χ4n) is 2.26. The molecule has 0 radical (unpaired) electrons. The van der Waals surface area contributed by atoms with E-state index >= 15 is 0 Å². The number of hydrogen-bond acceptors (Lipinski definition) is 5. The van der Waals surface area contributed by atoms with Crippen molar-refractivity contribution in [3.63, 3.8) is 0 Å². The first-order valence-electron chi connectivity index (χ1n) is 8.75. The Hall–Kier alpha value is -1.82. The van der Waals surface area contributed by atoms with Crippen molar-refractivity contribution in [2.75, 3.05) is 12.9 Å². The maximum absolute atomic E-state index is 11.8. The summed E-state index contributed by atoms with van der Waals surface area (Å²) >= 11 is 0. The van der Waals surface area contributed by atoms with E-state index < -0.39 is 10.1 Å². The van der Waals surface area contributed by atoms with Gasteiger partial charge in [-0.25, -0.2) is 0 Å². The molecule has 0 atom stereocenters. The van der Waals surface area contributed by atoms with Gasteiger partial charge in [0.25, 0.3) is 0 Å². The Morgan fingerprint density at radius 2 is 1.80 bits per heavy atom. The summed E-state index contributed by atoms with van der Waals surface area (Å²) in [6, 6.07) is 7.54. The van der Waals surface area contributed by atoms with Gasteiger partial charge in [0.2, 0.25) is 0 Å². The first kappa shape index (κ1) is 21.2. The van der Waals surface area contributed by atoms with Crippen LogP contribution in [0.2, 0.25) is 0 Å². The van der Waals surface area contributed by atoms with Gasteiger partial charge < -0.3 is 4.74 Å². The highest BCUT2D eigenvalue weighted by molar-refractivity contribution is 7.86. The molecule has 25 heavy (non-hydrogen) atoms. The Kier molecular flexibility index (Phi) is 9.92. The Morgan fingerprint density at radius 3 is 2.52 bits per heavy atom. The van der Waals surface area contributed by atoms with E-state index in [1.807, 2.05) is 24.3 Å². The zero-order valence-corrected chi connectivity index (χ0v) is 16.2. The zero-order chi connectivity index (χ0) is 18.5. The molecule has 0 aromatic heterocycles. The van der Waals surface area contributed by atoms with E-state index in [2.05, 4.69) is 12.1 Å². The van der Waals surface area contributed by atoms with Crippen molar-refractivity contribution in [3.05, 3.63) is 35.9 Å². The van der Waals surface area contributed by atoms with Crippen LogP contribution in [0.4, 0.5) is 0 Å². The van der Waals surface area contributed by atoms with Crippen LogP contribution in [0.25, 0.3) is 6.08 Å². The third-order valence-corrected chi connectivity index (χ3v) is 4.78. The highest BCUT2D eigenvalue weighted by Gasteiger charge is 2.10. The fraction of sp³-hybridized carbons (Fsp3) is 0.526. The zero-order valence-electron chi connectivity index (χ0n) is 15.4. The van der Waals surface area contributed by atoms with E-state index in [0.717, 1.165) is 30.6 Å². The normalized spacial score (nSPS) is 12.5. The molecule has 0 N–H and O–H groups in total. The minimum Gasteiger partial charge on any atom is -0.496 e. The third-order valence-electron chi connectivity index (χ3n) is 3.69. The average Bonchev–Trinajstić information content (AvgIpc) is 2.61. The van der Waals surface area contributed by atoms with Gasteiger partial charge >= 0.3 is 10.1 Å². The number of nitrogens with zero attached hydrogens (tertiary/aromatic N) is 1. The van der Waals surface area contributed by atoms with Gasteiger partial charge in [-0.2, -0.15) is 8.42 Å². The van der Waals surface area contributed by atoms with E-state index in [0.29, 0.717) is 12.1 Å². The lowest BCUT2D eigenvalue weighted by Gasteiger charge is -2.04. The van der Waals surface area contributed by atoms with Crippen LogP contribution in [-0.2, 0) is 14.4 Å². The molecule has 6 heteroatoms. The molecular weight excluding hydrogens is 338 g/mol. The van der Waals surface area contributed by atoms with Crippen molar-refractivity contribution < 1.29 is 17.4 Å². The largest absolute Gasteiger partial charge is 0.496 e. The fourth-order valence-corrected chi connectivity index (χ4v) is 3.12. The van der Waals surface area contributed by atoms with Gasteiger partial charge in [0.1, 0.15) is 5.75 Å². The molecule has 0 unspecified atom stereocenters. The van der Waals surface area contributed by atoms with Crippen molar-refractivity contribution in [2.45, 2.75) is 52.4 Å². The second kappa shape index (κ2) is 11.7. The summed E-state index contributed by atoms with van der Waals surface area (Å²) in [6.45, 7) is 3.84. The summed E-state index contributed by atoms with van der Waals surface area (Å²) in [5.41, 5.74) is 1.35. The average molecular weight is 368 g/mol. The van der Waals surface area contributed by atoms with Gasteiger partial charge in [0.05, 0.1) is 18.6 Å². The third kappa shape index (κ3) is 9.29. The number of hydrogen-bond donors (Lipinski definition) is 0. The van der Waals surface area contributed by atoms with Gasteiger partial charge in [-0.15, -0.1) is 0 Å². The summed E-state index contributed by atoms with van der Waals surface area (Å²) in [5.74, 6) is 0.745. The first-order valence-corrected chi connectivity index (χ1v) is 10.3. The second-order valence-electron chi connectivity index (χ2n) is 5.91. The minimum absolute atomic E-state index is 0.00608. The standard InChI is InChI=1S/C19H29NO4S/c1-4-5-6-7-8-11-16-25(21,22)24-20-17(2)14-15-18-12-9-10-13-19(18)23-3/h9-10,12-15H,4-8,11,16H2,1-3H3. The van der Waals surface area contributed by atoms with Crippen LogP contribution < -0.4 is 4.74 Å². The Balaban J connectivity index is 2.46. The molecule has 1 rings (SSSR count). The SMILES string of the molecule is CCCCCCCCS(=O)(=O)ON=C(C)C=Cc1ccccc1OC. The van der Waals surface area contributed by atoms with Crippen LogP contribution in [0.1, 0.15) is 57.9 Å². The van der Waals surface area contributed by atoms with Crippen LogP contribution in [-0.4, -0.2) is 27.0 Å². The number of methoxy groups -OCH3 is 1. The molecule has 0 saturated heterocycles. The van der Waals surface area contributed by atoms with E-state index in [1.165, 1.54) is 12.8 Å². The Labute approximate surface area is 151 Å². The summed E-state index contributed by atoms with van der Waals surface area (Å²) in [6.07, 6.45) is 9.61. The molecule has 0 heterocycles. The molecular formula is C19H29NO4S. The van der Waals surface area contributed by atoms with E-state index in [9.17, 15) is 8.42 Å². The maximum Gasteiger partial charge on any atom is 0.328 e. The van der Waals surface area contributed by atoms with Gasteiger partial charge in [0.15, 0.2) is 0 Å².